The molecule has 0 N–H and O–H groups in total. The molecule has 1 aliphatic rings. The molecule has 100 valence electrons. The summed E-state index contributed by atoms with van der Waals surface area (Å²) in [5.41, 5.74) is 1.82. The Bertz CT molecular complexity index is 423. The topological polar surface area (TPSA) is 22.1 Å². The van der Waals surface area contributed by atoms with Crippen LogP contribution in [0.4, 0.5) is 0 Å². The molecule has 1 aromatic rings. The van der Waals surface area contributed by atoms with Crippen molar-refractivity contribution in [1.29, 1.82) is 0 Å². The van der Waals surface area contributed by atoms with Crippen LogP contribution >= 0.6 is 0 Å². The Labute approximate surface area is 111 Å². The summed E-state index contributed by atoms with van der Waals surface area (Å²) in [6.45, 7) is 14.8. The van der Waals surface area contributed by atoms with Crippen molar-refractivity contribution in [2.24, 2.45) is 10.8 Å². The molecule has 2 rings (SSSR count). The van der Waals surface area contributed by atoms with Crippen molar-refractivity contribution in [1.82, 2.24) is 4.98 Å². The number of aromatic nitrogens is 1. The molecule has 2 heterocycles. The van der Waals surface area contributed by atoms with E-state index >= 15 is 0 Å². The fourth-order valence-corrected chi connectivity index (χ4v) is 3.98. The first-order valence-corrected chi connectivity index (χ1v) is 6.77. The number of ether oxygens (including phenoxy) is 1. The van der Waals surface area contributed by atoms with E-state index in [9.17, 15) is 0 Å². The molecule has 1 aliphatic heterocycles. The standard InChI is InChI=1S/C16H25NO/c1-14(2,3)16(15(4,5)6)8-10-18-13-11-17-9-7-12(13)16/h7,9,11H,8,10H2,1-6H3. The van der Waals surface area contributed by atoms with Crippen LogP contribution in [0.5, 0.6) is 5.75 Å². The van der Waals surface area contributed by atoms with Gasteiger partial charge in [-0.05, 0) is 23.3 Å². The third kappa shape index (κ3) is 1.73. The zero-order valence-electron chi connectivity index (χ0n) is 12.5. The molecule has 0 bridgehead atoms. The normalized spacial score (nSPS) is 19.0. The van der Waals surface area contributed by atoms with Crippen LogP contribution in [0.15, 0.2) is 18.5 Å². The van der Waals surface area contributed by atoms with Crippen LogP contribution < -0.4 is 4.74 Å². The summed E-state index contributed by atoms with van der Waals surface area (Å²) in [5, 5.41) is 0. The molecular formula is C16H25NO. The Morgan fingerprint density at radius 2 is 1.72 bits per heavy atom. The molecule has 18 heavy (non-hydrogen) atoms. The van der Waals surface area contributed by atoms with Crippen LogP contribution in [0.2, 0.25) is 0 Å². The molecule has 0 amide bonds. The second-order valence-electron chi connectivity index (χ2n) is 7.38. The molecule has 2 heteroatoms. The Kier molecular flexibility index (Phi) is 2.95. The van der Waals surface area contributed by atoms with E-state index in [-0.39, 0.29) is 16.2 Å². The minimum absolute atomic E-state index is 0.122. The van der Waals surface area contributed by atoms with E-state index in [1.807, 2.05) is 12.4 Å². The Hall–Kier alpha value is -1.05. The van der Waals surface area contributed by atoms with Gasteiger partial charge in [0.15, 0.2) is 0 Å². The molecule has 0 saturated heterocycles. The maximum absolute atomic E-state index is 5.81. The monoisotopic (exact) mass is 247 g/mol. The van der Waals surface area contributed by atoms with Gasteiger partial charge in [-0.1, -0.05) is 41.5 Å². The summed E-state index contributed by atoms with van der Waals surface area (Å²) in [7, 11) is 0. The highest BCUT2D eigenvalue weighted by Gasteiger charge is 2.54. The lowest BCUT2D eigenvalue weighted by Gasteiger charge is -2.56. The van der Waals surface area contributed by atoms with Gasteiger partial charge in [0.1, 0.15) is 5.75 Å². The molecule has 0 fully saturated rings. The van der Waals surface area contributed by atoms with Gasteiger partial charge in [0.2, 0.25) is 0 Å². The SMILES string of the molecule is CC(C)(C)C1(C(C)(C)C)CCOc2cnccc21. The second kappa shape index (κ2) is 3.97. The first-order chi connectivity index (χ1) is 8.20. The van der Waals surface area contributed by atoms with Gasteiger partial charge in [0, 0.05) is 17.2 Å². The second-order valence-corrected chi connectivity index (χ2v) is 7.38. The van der Waals surface area contributed by atoms with Crippen molar-refractivity contribution in [3.63, 3.8) is 0 Å². The third-order valence-corrected chi connectivity index (χ3v) is 4.54. The molecule has 0 atom stereocenters. The van der Waals surface area contributed by atoms with Gasteiger partial charge in [-0.25, -0.2) is 0 Å². The number of rotatable bonds is 0. The molecule has 0 unspecified atom stereocenters. The van der Waals surface area contributed by atoms with Gasteiger partial charge in [0.25, 0.3) is 0 Å². The van der Waals surface area contributed by atoms with Crippen molar-refractivity contribution in [3.05, 3.63) is 24.0 Å². The Morgan fingerprint density at radius 3 is 2.28 bits per heavy atom. The average Bonchev–Trinajstić information content (AvgIpc) is 2.25. The lowest BCUT2D eigenvalue weighted by atomic mass is 9.49. The maximum atomic E-state index is 5.81. The molecule has 0 saturated carbocycles. The smallest absolute Gasteiger partial charge is 0.141 e. The fraction of sp³-hybridized carbons (Fsp3) is 0.688. The molecule has 0 aliphatic carbocycles. The minimum atomic E-state index is 0.122. The molecular weight excluding hydrogens is 222 g/mol. The summed E-state index contributed by atoms with van der Waals surface area (Å²) in [4.78, 5) is 4.20. The van der Waals surface area contributed by atoms with Gasteiger partial charge < -0.3 is 4.74 Å². The van der Waals surface area contributed by atoms with E-state index in [4.69, 9.17) is 4.74 Å². The van der Waals surface area contributed by atoms with E-state index in [0.29, 0.717) is 0 Å². The number of hydrogen-bond acceptors (Lipinski definition) is 2. The van der Waals surface area contributed by atoms with Crippen LogP contribution in [0.3, 0.4) is 0 Å². The molecule has 2 nitrogen and oxygen atoms in total. The molecule has 0 radical (unpaired) electrons. The summed E-state index contributed by atoms with van der Waals surface area (Å²) in [5.74, 6) is 0.966. The maximum Gasteiger partial charge on any atom is 0.141 e. The predicted octanol–water partition coefficient (Wildman–Crippen LogP) is 4.19. The lowest BCUT2D eigenvalue weighted by molar-refractivity contribution is 0.0119. The van der Waals surface area contributed by atoms with Crippen LogP contribution in [0.1, 0.15) is 53.5 Å². The largest absolute Gasteiger partial charge is 0.492 e. The third-order valence-electron chi connectivity index (χ3n) is 4.54. The Morgan fingerprint density at radius 1 is 1.11 bits per heavy atom. The van der Waals surface area contributed by atoms with Gasteiger partial charge >= 0.3 is 0 Å². The summed E-state index contributed by atoms with van der Waals surface area (Å²) in [6, 6.07) is 2.14. The molecule has 0 spiro atoms. The summed E-state index contributed by atoms with van der Waals surface area (Å²) < 4.78 is 5.81. The average molecular weight is 247 g/mol. The number of pyridine rings is 1. The van der Waals surface area contributed by atoms with Gasteiger partial charge in [-0.2, -0.15) is 0 Å². The predicted molar refractivity (Wildman–Crippen MR) is 74.9 cm³/mol. The van der Waals surface area contributed by atoms with Crippen molar-refractivity contribution >= 4 is 0 Å². The first kappa shape index (κ1) is 13.4. The van der Waals surface area contributed by atoms with E-state index in [0.717, 1.165) is 18.8 Å². The first-order valence-electron chi connectivity index (χ1n) is 6.77. The van der Waals surface area contributed by atoms with E-state index in [1.165, 1.54) is 5.56 Å². The van der Waals surface area contributed by atoms with E-state index in [1.54, 1.807) is 0 Å². The van der Waals surface area contributed by atoms with Crippen LogP contribution in [-0.2, 0) is 5.41 Å². The number of hydrogen-bond donors (Lipinski definition) is 0. The van der Waals surface area contributed by atoms with Gasteiger partial charge in [-0.15, -0.1) is 0 Å². The van der Waals surface area contributed by atoms with Crippen LogP contribution in [0.25, 0.3) is 0 Å². The molecule has 0 aromatic carbocycles. The van der Waals surface area contributed by atoms with Gasteiger partial charge in [-0.3, -0.25) is 4.98 Å². The quantitative estimate of drug-likeness (QED) is 0.685. The van der Waals surface area contributed by atoms with E-state index < -0.39 is 0 Å². The van der Waals surface area contributed by atoms with E-state index in [2.05, 4.69) is 52.6 Å². The zero-order valence-corrected chi connectivity index (χ0v) is 12.5. The van der Waals surface area contributed by atoms with Gasteiger partial charge in [0.05, 0.1) is 12.8 Å². The van der Waals surface area contributed by atoms with Crippen LogP contribution in [-0.4, -0.2) is 11.6 Å². The summed E-state index contributed by atoms with van der Waals surface area (Å²) in [6.07, 6.45) is 4.82. The highest BCUT2D eigenvalue weighted by Crippen LogP contribution is 2.58. The highest BCUT2D eigenvalue weighted by molar-refractivity contribution is 5.42. The summed E-state index contributed by atoms with van der Waals surface area (Å²) >= 11 is 0. The van der Waals surface area contributed by atoms with Crippen molar-refractivity contribution in [2.45, 2.75) is 53.4 Å². The number of fused-ring (bicyclic) bond motifs is 1. The minimum Gasteiger partial charge on any atom is -0.492 e. The van der Waals surface area contributed by atoms with Crippen LogP contribution in [0, 0.1) is 10.8 Å². The fourth-order valence-electron chi connectivity index (χ4n) is 3.98. The lowest BCUT2D eigenvalue weighted by Crippen LogP contribution is -2.53. The Balaban J connectivity index is 2.72. The van der Waals surface area contributed by atoms with Crippen molar-refractivity contribution in [2.75, 3.05) is 6.61 Å². The molecule has 1 aromatic heterocycles. The highest BCUT2D eigenvalue weighted by atomic mass is 16.5. The van der Waals surface area contributed by atoms with Crippen molar-refractivity contribution in [3.8, 4) is 5.75 Å². The number of nitrogens with zero attached hydrogens (tertiary/aromatic N) is 1. The zero-order chi connectivity index (χ0) is 13.6. The van der Waals surface area contributed by atoms with Crippen molar-refractivity contribution < 1.29 is 4.74 Å².